The Morgan fingerprint density at radius 1 is 0.640 bits per heavy atom. The third-order valence-electron chi connectivity index (χ3n) is 5.40. The van der Waals surface area contributed by atoms with Gasteiger partial charge in [0.1, 0.15) is 0 Å². The zero-order valence-electron chi connectivity index (χ0n) is 13.8. The Kier molecular flexibility index (Phi) is 2.48. The highest BCUT2D eigenvalue weighted by Crippen LogP contribution is 2.41. The Labute approximate surface area is 148 Å². The number of hydrogen-bond donors (Lipinski definition) is 0. The maximum atomic E-state index is 2.39. The molecule has 6 aromatic rings. The second kappa shape index (κ2) is 4.62. The van der Waals surface area contributed by atoms with E-state index in [4.69, 9.17) is 0 Å². The largest absolute Gasteiger partial charge is 0.344 e. The molecule has 0 spiro atoms. The molecule has 0 saturated carbocycles. The van der Waals surface area contributed by atoms with Gasteiger partial charge in [0.2, 0.25) is 0 Å². The van der Waals surface area contributed by atoms with Gasteiger partial charge < -0.3 is 4.57 Å². The minimum absolute atomic E-state index is 1.30. The van der Waals surface area contributed by atoms with Crippen molar-refractivity contribution in [3.05, 3.63) is 72.8 Å². The quantitative estimate of drug-likeness (QED) is 0.285. The Bertz CT molecular complexity index is 1450. The number of rotatable bonds is 0. The van der Waals surface area contributed by atoms with E-state index < -0.39 is 0 Å². The van der Waals surface area contributed by atoms with Crippen LogP contribution in [0.1, 0.15) is 0 Å². The van der Waals surface area contributed by atoms with Crippen molar-refractivity contribution in [3.8, 4) is 0 Å². The summed E-state index contributed by atoms with van der Waals surface area (Å²) in [7, 11) is 2.17. The first kappa shape index (κ1) is 13.5. The van der Waals surface area contributed by atoms with Crippen molar-refractivity contribution in [2.75, 3.05) is 0 Å². The molecule has 0 aliphatic carbocycles. The predicted molar refractivity (Wildman–Crippen MR) is 111 cm³/mol. The standard InChI is InChI=1S/C23H15NS/c1-24-20-9-5-4-8-16(20)18-12-19-17-11-10-14-6-2-3-7-15(14)23(17)25-22(19)13-21(18)24/h2-13H,1H3. The molecular formula is C23H15NS. The molecule has 4 aromatic carbocycles. The van der Waals surface area contributed by atoms with Gasteiger partial charge in [0.15, 0.2) is 0 Å². The highest BCUT2D eigenvalue weighted by atomic mass is 32.1. The summed E-state index contributed by atoms with van der Waals surface area (Å²) in [4.78, 5) is 0. The van der Waals surface area contributed by atoms with Crippen LogP contribution in [0.15, 0.2) is 72.8 Å². The summed E-state index contributed by atoms with van der Waals surface area (Å²) in [5, 5.41) is 8.09. The van der Waals surface area contributed by atoms with Crippen LogP contribution < -0.4 is 0 Å². The van der Waals surface area contributed by atoms with Crippen LogP contribution in [0, 0.1) is 0 Å². The average Bonchev–Trinajstić information content (AvgIpc) is 3.16. The summed E-state index contributed by atoms with van der Waals surface area (Å²) >= 11 is 1.91. The van der Waals surface area contributed by atoms with E-state index in [9.17, 15) is 0 Å². The van der Waals surface area contributed by atoms with E-state index in [1.54, 1.807) is 0 Å². The summed E-state index contributed by atoms with van der Waals surface area (Å²) in [5.74, 6) is 0. The van der Waals surface area contributed by atoms with E-state index in [1.165, 1.54) is 52.8 Å². The lowest BCUT2D eigenvalue weighted by molar-refractivity contribution is 1.02. The van der Waals surface area contributed by atoms with Crippen molar-refractivity contribution in [2.24, 2.45) is 7.05 Å². The van der Waals surface area contributed by atoms with Crippen LogP contribution in [0.4, 0.5) is 0 Å². The molecule has 0 unspecified atom stereocenters. The predicted octanol–water partition coefficient (Wildman–Crippen LogP) is 6.85. The Morgan fingerprint density at radius 3 is 2.36 bits per heavy atom. The van der Waals surface area contributed by atoms with Crippen LogP contribution in [-0.4, -0.2) is 4.57 Å². The first-order valence-corrected chi connectivity index (χ1v) is 9.34. The van der Waals surface area contributed by atoms with Crippen molar-refractivity contribution in [3.63, 3.8) is 0 Å². The molecule has 0 bridgehead atoms. The number of aryl methyl sites for hydroxylation is 1. The van der Waals surface area contributed by atoms with Crippen LogP contribution in [0.3, 0.4) is 0 Å². The smallest absolute Gasteiger partial charge is 0.0503 e. The molecular weight excluding hydrogens is 322 g/mol. The van der Waals surface area contributed by atoms with Gasteiger partial charge in [-0.2, -0.15) is 0 Å². The molecule has 0 radical (unpaired) electrons. The van der Waals surface area contributed by atoms with E-state index in [0.717, 1.165) is 0 Å². The molecule has 1 nitrogen and oxygen atoms in total. The first-order valence-electron chi connectivity index (χ1n) is 8.52. The van der Waals surface area contributed by atoms with Crippen molar-refractivity contribution < 1.29 is 0 Å². The molecule has 0 fully saturated rings. The van der Waals surface area contributed by atoms with Crippen LogP contribution in [0.5, 0.6) is 0 Å². The topological polar surface area (TPSA) is 4.93 Å². The maximum absolute atomic E-state index is 2.39. The molecule has 118 valence electrons. The fraction of sp³-hybridized carbons (Fsp3) is 0.0435. The number of fused-ring (bicyclic) bond motifs is 8. The Hall–Kier alpha value is -2.84. The van der Waals surface area contributed by atoms with Gasteiger partial charge in [-0.3, -0.25) is 0 Å². The zero-order chi connectivity index (χ0) is 16.5. The van der Waals surface area contributed by atoms with Gasteiger partial charge in [0.25, 0.3) is 0 Å². The Morgan fingerprint density at radius 2 is 1.44 bits per heavy atom. The molecule has 25 heavy (non-hydrogen) atoms. The molecule has 2 aromatic heterocycles. The minimum atomic E-state index is 1.30. The van der Waals surface area contributed by atoms with Gasteiger partial charge in [-0.15, -0.1) is 11.3 Å². The van der Waals surface area contributed by atoms with Gasteiger partial charge in [-0.05, 0) is 29.0 Å². The van der Waals surface area contributed by atoms with Gasteiger partial charge in [0, 0.05) is 43.5 Å². The number of hydrogen-bond acceptors (Lipinski definition) is 1. The lowest BCUT2D eigenvalue weighted by Gasteiger charge is -1.99. The molecule has 0 aliphatic rings. The van der Waals surface area contributed by atoms with E-state index >= 15 is 0 Å². The maximum Gasteiger partial charge on any atom is 0.0503 e. The Balaban J connectivity index is 1.86. The second-order valence-electron chi connectivity index (χ2n) is 6.71. The summed E-state index contributed by atoms with van der Waals surface area (Å²) < 4.78 is 5.07. The third kappa shape index (κ3) is 1.67. The monoisotopic (exact) mass is 337 g/mol. The first-order chi connectivity index (χ1) is 12.3. The van der Waals surface area contributed by atoms with E-state index in [2.05, 4.69) is 84.4 Å². The zero-order valence-corrected chi connectivity index (χ0v) is 14.6. The molecule has 2 heteroatoms. The molecule has 0 atom stereocenters. The summed E-state index contributed by atoms with van der Waals surface area (Å²) in [6, 6.07) is 26.7. The minimum Gasteiger partial charge on any atom is -0.344 e. The van der Waals surface area contributed by atoms with Crippen molar-refractivity contribution in [1.82, 2.24) is 4.57 Å². The van der Waals surface area contributed by atoms with Crippen LogP contribution in [-0.2, 0) is 7.05 Å². The van der Waals surface area contributed by atoms with Gasteiger partial charge in [-0.25, -0.2) is 0 Å². The second-order valence-corrected chi connectivity index (χ2v) is 7.76. The lowest BCUT2D eigenvalue weighted by Crippen LogP contribution is -1.85. The van der Waals surface area contributed by atoms with Crippen LogP contribution >= 0.6 is 11.3 Å². The fourth-order valence-corrected chi connectivity index (χ4v) is 5.41. The molecule has 0 N–H and O–H groups in total. The molecule has 0 aliphatic heterocycles. The average molecular weight is 337 g/mol. The summed E-state index contributed by atoms with van der Waals surface area (Å²) in [6.45, 7) is 0. The fourth-order valence-electron chi connectivity index (χ4n) is 4.16. The highest BCUT2D eigenvalue weighted by molar-refractivity contribution is 7.26. The number of thiophene rings is 1. The van der Waals surface area contributed by atoms with Crippen LogP contribution in [0.25, 0.3) is 52.8 Å². The lowest BCUT2D eigenvalue weighted by atomic mass is 10.0. The van der Waals surface area contributed by atoms with Gasteiger partial charge in [0.05, 0.1) is 5.52 Å². The molecule has 6 rings (SSSR count). The number of aromatic nitrogens is 1. The molecule has 0 amide bonds. The highest BCUT2D eigenvalue weighted by Gasteiger charge is 2.13. The van der Waals surface area contributed by atoms with E-state index in [-0.39, 0.29) is 0 Å². The summed E-state index contributed by atoms with van der Waals surface area (Å²) in [5.41, 5.74) is 2.61. The van der Waals surface area contributed by atoms with Gasteiger partial charge in [-0.1, -0.05) is 54.6 Å². The van der Waals surface area contributed by atoms with Crippen molar-refractivity contribution in [2.45, 2.75) is 0 Å². The molecule has 2 heterocycles. The third-order valence-corrected chi connectivity index (χ3v) is 6.60. The number of para-hydroxylation sites is 1. The van der Waals surface area contributed by atoms with Crippen molar-refractivity contribution in [1.29, 1.82) is 0 Å². The van der Waals surface area contributed by atoms with Crippen molar-refractivity contribution >= 4 is 64.1 Å². The number of nitrogens with zero attached hydrogens (tertiary/aromatic N) is 1. The number of benzene rings is 4. The molecule has 0 saturated heterocycles. The normalized spacial score (nSPS) is 12.2. The van der Waals surface area contributed by atoms with E-state index in [0.29, 0.717) is 0 Å². The van der Waals surface area contributed by atoms with Crippen LogP contribution in [0.2, 0.25) is 0 Å². The summed E-state index contributed by atoms with van der Waals surface area (Å²) in [6.07, 6.45) is 0. The van der Waals surface area contributed by atoms with Gasteiger partial charge >= 0.3 is 0 Å². The van der Waals surface area contributed by atoms with E-state index in [1.807, 2.05) is 11.3 Å². The SMILES string of the molecule is Cn1c2ccccc2c2cc3c(cc21)sc1c2ccccc2ccc31.